The molecule has 2 aromatic heterocycles. The summed E-state index contributed by atoms with van der Waals surface area (Å²) in [7, 11) is 0. The third-order valence-corrected chi connectivity index (χ3v) is 5.76. The van der Waals surface area contributed by atoms with Crippen LogP contribution in [0, 0.1) is 5.92 Å². The Morgan fingerprint density at radius 2 is 2.18 bits per heavy atom. The highest BCUT2D eigenvalue weighted by Crippen LogP contribution is 2.27. The summed E-state index contributed by atoms with van der Waals surface area (Å²) in [6, 6.07) is 4.37. The Bertz CT molecular complexity index is 784. The number of piperidine rings is 1. The quantitative estimate of drug-likeness (QED) is 0.797. The summed E-state index contributed by atoms with van der Waals surface area (Å²) in [4.78, 5) is 14.9. The molecule has 0 radical (unpaired) electrons. The number of aromatic amines is 1. The van der Waals surface area contributed by atoms with Crippen molar-refractivity contribution >= 4 is 11.7 Å². The predicted molar refractivity (Wildman–Crippen MR) is 106 cm³/mol. The summed E-state index contributed by atoms with van der Waals surface area (Å²) in [6.45, 7) is 8.41. The monoisotopic (exact) mass is 386 g/mol. The van der Waals surface area contributed by atoms with Crippen LogP contribution in [0.15, 0.2) is 18.3 Å². The lowest BCUT2D eigenvalue weighted by Gasteiger charge is -2.32. The topological polar surface area (TPSA) is 88.1 Å². The van der Waals surface area contributed by atoms with Crippen molar-refractivity contribution in [2.75, 3.05) is 31.6 Å². The number of hydrogen-bond donors (Lipinski definition) is 2. The van der Waals surface area contributed by atoms with Gasteiger partial charge in [-0.15, -0.1) is 0 Å². The number of rotatable bonds is 6. The number of carbonyl (C=O) groups excluding carboxylic acids is 1. The van der Waals surface area contributed by atoms with E-state index in [0.29, 0.717) is 25.2 Å². The van der Waals surface area contributed by atoms with Crippen LogP contribution in [0.3, 0.4) is 0 Å². The van der Waals surface area contributed by atoms with Crippen molar-refractivity contribution in [3.8, 4) is 0 Å². The van der Waals surface area contributed by atoms with Crippen LogP contribution < -0.4 is 5.32 Å². The van der Waals surface area contributed by atoms with Gasteiger partial charge in [-0.25, -0.2) is 4.68 Å². The van der Waals surface area contributed by atoms with E-state index >= 15 is 0 Å². The van der Waals surface area contributed by atoms with E-state index in [1.54, 1.807) is 6.20 Å². The lowest BCUT2D eigenvalue weighted by molar-refractivity contribution is -0.119. The summed E-state index contributed by atoms with van der Waals surface area (Å²) < 4.78 is 7.31. The molecule has 0 spiro atoms. The van der Waals surface area contributed by atoms with Crippen LogP contribution in [0.2, 0.25) is 0 Å². The highest BCUT2D eigenvalue weighted by atomic mass is 16.5. The van der Waals surface area contributed by atoms with Crippen molar-refractivity contribution in [1.82, 2.24) is 24.9 Å². The molecule has 28 heavy (non-hydrogen) atoms. The molecule has 0 saturated carbocycles. The van der Waals surface area contributed by atoms with Crippen molar-refractivity contribution in [3.63, 3.8) is 0 Å². The SMILES string of the molecule is CC(C)c1cc(CN2CCC(n3nccc3NC(=O)C3CCOC3)CC2)[nH]n1. The molecule has 2 aliphatic rings. The average molecular weight is 387 g/mol. The fourth-order valence-electron chi connectivity index (χ4n) is 3.99. The smallest absolute Gasteiger partial charge is 0.231 e. The number of likely N-dealkylation sites (tertiary alicyclic amines) is 1. The Hall–Kier alpha value is -2.19. The minimum atomic E-state index is -0.0460. The predicted octanol–water partition coefficient (Wildman–Crippen LogP) is 2.54. The lowest BCUT2D eigenvalue weighted by Crippen LogP contribution is -2.35. The van der Waals surface area contributed by atoms with E-state index in [2.05, 4.69) is 45.4 Å². The number of carbonyl (C=O) groups is 1. The van der Waals surface area contributed by atoms with Gasteiger partial charge in [-0.3, -0.25) is 14.8 Å². The van der Waals surface area contributed by atoms with Crippen LogP contribution in [-0.4, -0.2) is 57.1 Å². The molecule has 0 bridgehead atoms. The maximum absolute atomic E-state index is 12.4. The van der Waals surface area contributed by atoms with E-state index < -0.39 is 0 Å². The normalized spacial score (nSPS) is 21.5. The summed E-state index contributed by atoms with van der Waals surface area (Å²) in [6.07, 6.45) is 4.60. The molecule has 152 valence electrons. The molecule has 4 rings (SSSR count). The number of nitrogens with one attached hydrogen (secondary N) is 2. The maximum Gasteiger partial charge on any atom is 0.231 e. The van der Waals surface area contributed by atoms with Crippen molar-refractivity contribution in [3.05, 3.63) is 29.7 Å². The van der Waals surface area contributed by atoms with Gasteiger partial charge in [-0.2, -0.15) is 10.2 Å². The van der Waals surface area contributed by atoms with Crippen LogP contribution in [0.4, 0.5) is 5.82 Å². The Morgan fingerprint density at radius 3 is 2.86 bits per heavy atom. The lowest BCUT2D eigenvalue weighted by atomic mass is 10.0. The zero-order chi connectivity index (χ0) is 19.5. The molecular formula is C20H30N6O2. The molecule has 0 aliphatic carbocycles. The maximum atomic E-state index is 12.4. The van der Waals surface area contributed by atoms with Crippen LogP contribution >= 0.6 is 0 Å². The minimum Gasteiger partial charge on any atom is -0.381 e. The Morgan fingerprint density at radius 1 is 1.36 bits per heavy atom. The molecule has 2 aliphatic heterocycles. The number of amides is 1. The molecule has 2 fully saturated rings. The second kappa shape index (κ2) is 8.45. The molecule has 0 aromatic carbocycles. The zero-order valence-corrected chi connectivity index (χ0v) is 16.7. The Kier molecular flexibility index (Phi) is 5.77. The van der Waals surface area contributed by atoms with Gasteiger partial charge in [0.15, 0.2) is 0 Å². The molecule has 1 amide bonds. The summed E-state index contributed by atoms with van der Waals surface area (Å²) in [5.41, 5.74) is 2.29. The number of nitrogens with zero attached hydrogens (tertiary/aromatic N) is 4. The highest BCUT2D eigenvalue weighted by Gasteiger charge is 2.27. The average Bonchev–Trinajstić information content (AvgIpc) is 3.44. The number of anilines is 1. The largest absolute Gasteiger partial charge is 0.381 e. The second-order valence-electron chi connectivity index (χ2n) is 8.19. The van der Waals surface area contributed by atoms with E-state index in [1.807, 2.05) is 10.7 Å². The van der Waals surface area contributed by atoms with E-state index in [0.717, 1.165) is 50.4 Å². The minimum absolute atomic E-state index is 0.0388. The Balaban J connectivity index is 1.31. The molecule has 8 nitrogen and oxygen atoms in total. The van der Waals surface area contributed by atoms with Gasteiger partial charge in [-0.1, -0.05) is 13.8 Å². The van der Waals surface area contributed by atoms with Crippen molar-refractivity contribution < 1.29 is 9.53 Å². The van der Waals surface area contributed by atoms with E-state index in [9.17, 15) is 4.79 Å². The first-order chi connectivity index (χ1) is 13.6. The summed E-state index contributed by atoms with van der Waals surface area (Å²) in [5, 5.41) is 15.1. The van der Waals surface area contributed by atoms with Crippen molar-refractivity contribution in [2.24, 2.45) is 5.92 Å². The molecule has 8 heteroatoms. The van der Waals surface area contributed by atoms with Gasteiger partial charge in [-0.05, 0) is 31.2 Å². The summed E-state index contributed by atoms with van der Waals surface area (Å²) in [5.74, 6) is 1.23. The van der Waals surface area contributed by atoms with Crippen LogP contribution in [0.1, 0.15) is 56.5 Å². The van der Waals surface area contributed by atoms with Crippen LogP contribution in [0.5, 0.6) is 0 Å². The third kappa shape index (κ3) is 4.28. The van der Waals surface area contributed by atoms with Gasteiger partial charge in [0.1, 0.15) is 5.82 Å². The molecule has 2 N–H and O–H groups in total. The molecule has 2 aromatic rings. The number of ether oxygens (including phenoxy) is 1. The van der Waals surface area contributed by atoms with E-state index in [4.69, 9.17) is 4.74 Å². The van der Waals surface area contributed by atoms with Crippen molar-refractivity contribution in [2.45, 2.75) is 51.6 Å². The zero-order valence-electron chi connectivity index (χ0n) is 16.7. The van der Waals surface area contributed by atoms with Crippen molar-refractivity contribution in [1.29, 1.82) is 0 Å². The van der Waals surface area contributed by atoms with Gasteiger partial charge in [0.05, 0.1) is 30.5 Å². The van der Waals surface area contributed by atoms with E-state index in [-0.39, 0.29) is 11.8 Å². The first-order valence-corrected chi connectivity index (χ1v) is 10.3. The van der Waals surface area contributed by atoms with E-state index in [1.165, 1.54) is 5.69 Å². The molecule has 1 unspecified atom stereocenters. The first-order valence-electron chi connectivity index (χ1n) is 10.3. The van der Waals surface area contributed by atoms with Gasteiger partial charge >= 0.3 is 0 Å². The Labute approximate surface area is 165 Å². The van der Waals surface area contributed by atoms with Gasteiger partial charge in [0.2, 0.25) is 5.91 Å². The standard InChI is InChI=1S/C20H30N6O2/c1-14(2)18-11-16(23-24-18)12-25-8-4-17(5-9-25)26-19(3-7-21-26)22-20(27)15-6-10-28-13-15/h3,7,11,14-15,17H,4-6,8-10,12-13H2,1-2H3,(H,22,27)(H,23,24). The highest BCUT2D eigenvalue weighted by molar-refractivity contribution is 5.92. The van der Waals surface area contributed by atoms with Gasteiger partial charge < -0.3 is 10.1 Å². The molecular weight excluding hydrogens is 356 g/mol. The number of hydrogen-bond acceptors (Lipinski definition) is 5. The fraction of sp³-hybridized carbons (Fsp3) is 0.650. The van der Waals surface area contributed by atoms with Crippen LogP contribution in [0.25, 0.3) is 0 Å². The number of aromatic nitrogens is 4. The van der Waals surface area contributed by atoms with Gasteiger partial charge in [0, 0.05) is 38.0 Å². The fourth-order valence-corrected chi connectivity index (χ4v) is 3.99. The van der Waals surface area contributed by atoms with Gasteiger partial charge in [0.25, 0.3) is 0 Å². The molecule has 4 heterocycles. The molecule has 1 atom stereocenters. The molecule has 2 saturated heterocycles. The summed E-state index contributed by atoms with van der Waals surface area (Å²) >= 11 is 0. The second-order valence-corrected chi connectivity index (χ2v) is 8.19. The first kappa shape index (κ1) is 19.1. The van der Waals surface area contributed by atoms with Crippen LogP contribution in [-0.2, 0) is 16.1 Å². The third-order valence-electron chi connectivity index (χ3n) is 5.76. The number of H-pyrrole nitrogens is 1.